The van der Waals surface area contributed by atoms with Gasteiger partial charge in [0.15, 0.2) is 0 Å². The van der Waals surface area contributed by atoms with Crippen molar-refractivity contribution in [2.75, 3.05) is 0 Å². The van der Waals surface area contributed by atoms with Gasteiger partial charge >= 0.3 is 0 Å². The predicted octanol–water partition coefficient (Wildman–Crippen LogP) is 5.20. The summed E-state index contributed by atoms with van der Waals surface area (Å²) in [5, 5.41) is 0. The number of rotatable bonds is 0. The number of halogens is 2. The van der Waals surface area contributed by atoms with Crippen molar-refractivity contribution in [2.24, 2.45) is 0 Å². The van der Waals surface area contributed by atoms with Crippen LogP contribution >= 0.6 is 45.2 Å². The Morgan fingerprint density at radius 3 is 2.35 bits per heavy atom. The molecule has 86 valence electrons. The summed E-state index contributed by atoms with van der Waals surface area (Å²) in [6.07, 6.45) is 0. The van der Waals surface area contributed by atoms with E-state index in [9.17, 15) is 0 Å². The first-order valence-corrected chi connectivity index (χ1v) is 7.77. The van der Waals surface area contributed by atoms with Crippen LogP contribution in [0.25, 0.3) is 11.1 Å². The molecule has 0 atom stereocenters. The van der Waals surface area contributed by atoms with Crippen LogP contribution in [0.2, 0.25) is 0 Å². The molecule has 0 heterocycles. The number of hydrogen-bond donors (Lipinski definition) is 0. The number of fused-ring (bicyclic) bond motifs is 3. The molecule has 0 radical (unpaired) electrons. The molecule has 0 bridgehead atoms. The summed E-state index contributed by atoms with van der Waals surface area (Å²) in [6.45, 7) is 4.66. The van der Waals surface area contributed by atoms with Crippen LogP contribution < -0.4 is 0 Å². The Hall–Kier alpha value is -0.1000. The van der Waals surface area contributed by atoms with Gasteiger partial charge in [-0.25, -0.2) is 0 Å². The van der Waals surface area contributed by atoms with Gasteiger partial charge in [0.2, 0.25) is 0 Å². The summed E-state index contributed by atoms with van der Waals surface area (Å²) in [6, 6.07) is 13.3. The van der Waals surface area contributed by atoms with Crippen LogP contribution in [0, 0.1) is 7.14 Å². The third kappa shape index (κ3) is 1.59. The quantitative estimate of drug-likeness (QED) is 0.489. The third-order valence-corrected chi connectivity index (χ3v) is 6.66. The average molecular weight is 446 g/mol. The maximum absolute atomic E-state index is 2.49. The first-order chi connectivity index (χ1) is 8.03. The van der Waals surface area contributed by atoms with Crippen LogP contribution in [-0.4, -0.2) is 0 Å². The van der Waals surface area contributed by atoms with Gasteiger partial charge in [-0.3, -0.25) is 0 Å². The lowest BCUT2D eigenvalue weighted by Crippen LogP contribution is -2.16. The predicted molar refractivity (Wildman–Crippen MR) is 89.4 cm³/mol. The van der Waals surface area contributed by atoms with Gasteiger partial charge in [0.05, 0.1) is 0 Å². The van der Waals surface area contributed by atoms with Crippen LogP contribution in [-0.2, 0) is 5.41 Å². The van der Waals surface area contributed by atoms with E-state index < -0.39 is 0 Å². The van der Waals surface area contributed by atoms with Crippen LogP contribution in [0.1, 0.15) is 25.0 Å². The highest BCUT2D eigenvalue weighted by Gasteiger charge is 2.37. The Bertz CT molecular complexity index is 612. The molecule has 0 nitrogen and oxygen atoms in total. The molecule has 0 aliphatic heterocycles. The lowest BCUT2D eigenvalue weighted by Gasteiger charge is -2.23. The Kier molecular flexibility index (Phi) is 2.78. The fourth-order valence-corrected chi connectivity index (χ4v) is 4.38. The molecule has 0 saturated carbocycles. The molecule has 2 aromatic carbocycles. The van der Waals surface area contributed by atoms with Crippen molar-refractivity contribution >= 4 is 45.2 Å². The number of benzene rings is 2. The molecule has 0 saturated heterocycles. The van der Waals surface area contributed by atoms with Gasteiger partial charge in [-0.15, -0.1) is 0 Å². The normalized spacial score (nSPS) is 15.5. The molecule has 17 heavy (non-hydrogen) atoms. The summed E-state index contributed by atoms with van der Waals surface area (Å²) >= 11 is 4.91. The van der Waals surface area contributed by atoms with Gasteiger partial charge < -0.3 is 0 Å². The van der Waals surface area contributed by atoms with Crippen molar-refractivity contribution < 1.29 is 0 Å². The second kappa shape index (κ2) is 3.95. The minimum atomic E-state index is 0.129. The Morgan fingerprint density at radius 2 is 1.59 bits per heavy atom. The van der Waals surface area contributed by atoms with E-state index in [2.05, 4.69) is 95.4 Å². The van der Waals surface area contributed by atoms with Crippen molar-refractivity contribution in [3.05, 3.63) is 54.7 Å². The molecule has 0 unspecified atom stereocenters. The summed E-state index contributed by atoms with van der Waals surface area (Å²) in [4.78, 5) is 0. The molecular formula is C15H12I2. The van der Waals surface area contributed by atoms with Gasteiger partial charge in [-0.05, 0) is 73.5 Å². The molecule has 0 amide bonds. The van der Waals surface area contributed by atoms with Gasteiger partial charge in [0.25, 0.3) is 0 Å². The summed E-state index contributed by atoms with van der Waals surface area (Å²) in [5.74, 6) is 0. The van der Waals surface area contributed by atoms with Gasteiger partial charge in [0.1, 0.15) is 0 Å². The highest BCUT2D eigenvalue weighted by atomic mass is 127. The van der Waals surface area contributed by atoms with Crippen molar-refractivity contribution in [2.45, 2.75) is 19.3 Å². The zero-order chi connectivity index (χ0) is 12.2. The maximum Gasteiger partial charge on any atom is 0.0310 e. The van der Waals surface area contributed by atoms with E-state index in [1.165, 1.54) is 29.4 Å². The van der Waals surface area contributed by atoms with E-state index >= 15 is 0 Å². The van der Waals surface area contributed by atoms with Crippen molar-refractivity contribution in [1.29, 1.82) is 0 Å². The van der Waals surface area contributed by atoms with Crippen LogP contribution in [0.15, 0.2) is 36.4 Å². The smallest absolute Gasteiger partial charge is 0.0310 e. The zero-order valence-corrected chi connectivity index (χ0v) is 14.0. The lowest BCUT2D eigenvalue weighted by molar-refractivity contribution is 0.656. The summed E-state index contributed by atoms with van der Waals surface area (Å²) in [7, 11) is 0. The molecule has 0 fully saturated rings. The molecule has 0 spiro atoms. The first kappa shape index (κ1) is 12.0. The van der Waals surface area contributed by atoms with Crippen molar-refractivity contribution in [3.8, 4) is 11.1 Å². The highest BCUT2D eigenvalue weighted by Crippen LogP contribution is 2.50. The monoisotopic (exact) mass is 446 g/mol. The Morgan fingerprint density at radius 1 is 0.882 bits per heavy atom. The fourth-order valence-electron chi connectivity index (χ4n) is 2.78. The molecule has 1 aliphatic carbocycles. The lowest BCUT2D eigenvalue weighted by atomic mass is 9.82. The van der Waals surface area contributed by atoms with E-state index in [0.717, 1.165) is 0 Å². The molecular weight excluding hydrogens is 434 g/mol. The number of hydrogen-bond acceptors (Lipinski definition) is 0. The maximum atomic E-state index is 2.49. The fraction of sp³-hybridized carbons (Fsp3) is 0.200. The summed E-state index contributed by atoms with van der Waals surface area (Å²) < 4.78 is 2.75. The topological polar surface area (TPSA) is 0 Å². The third-order valence-electron chi connectivity index (χ3n) is 3.61. The molecule has 0 N–H and O–H groups in total. The first-order valence-electron chi connectivity index (χ1n) is 5.62. The Balaban J connectivity index is 2.44. The molecule has 3 rings (SSSR count). The van der Waals surface area contributed by atoms with Crippen molar-refractivity contribution in [1.82, 2.24) is 0 Å². The van der Waals surface area contributed by atoms with Gasteiger partial charge in [0, 0.05) is 12.6 Å². The average Bonchev–Trinajstić information content (AvgIpc) is 2.54. The van der Waals surface area contributed by atoms with Gasteiger partial charge in [-0.1, -0.05) is 44.2 Å². The minimum Gasteiger partial charge on any atom is -0.0619 e. The Labute approximate surface area is 129 Å². The van der Waals surface area contributed by atoms with E-state index in [1.807, 2.05) is 0 Å². The van der Waals surface area contributed by atoms with Gasteiger partial charge in [-0.2, -0.15) is 0 Å². The zero-order valence-electron chi connectivity index (χ0n) is 9.72. The molecule has 0 aromatic heterocycles. The second-order valence-corrected chi connectivity index (χ2v) is 7.20. The largest absolute Gasteiger partial charge is 0.0619 e. The highest BCUT2D eigenvalue weighted by molar-refractivity contribution is 14.1. The van der Waals surface area contributed by atoms with Crippen LogP contribution in [0.4, 0.5) is 0 Å². The molecule has 2 heteroatoms. The second-order valence-electron chi connectivity index (χ2n) is 4.95. The van der Waals surface area contributed by atoms with Crippen molar-refractivity contribution in [3.63, 3.8) is 0 Å². The van der Waals surface area contributed by atoms with E-state index in [1.54, 1.807) is 0 Å². The minimum absolute atomic E-state index is 0.129. The standard InChI is InChI=1S/C15H12I2/c1-15(2)11-6-4-3-5-9(11)10-7-8-12(16)14(17)13(10)15/h3-8H,1-2H3. The summed E-state index contributed by atoms with van der Waals surface area (Å²) in [5.41, 5.74) is 5.89. The van der Waals surface area contributed by atoms with E-state index in [4.69, 9.17) is 0 Å². The molecule has 2 aromatic rings. The van der Waals surface area contributed by atoms with E-state index in [0.29, 0.717) is 0 Å². The molecule has 1 aliphatic rings. The van der Waals surface area contributed by atoms with Crippen LogP contribution in [0.5, 0.6) is 0 Å². The van der Waals surface area contributed by atoms with E-state index in [-0.39, 0.29) is 5.41 Å². The van der Waals surface area contributed by atoms with Crippen LogP contribution in [0.3, 0.4) is 0 Å². The SMILES string of the molecule is CC1(C)c2ccccc2-c2ccc(I)c(I)c21.